The van der Waals surface area contributed by atoms with Crippen molar-refractivity contribution in [1.29, 1.82) is 0 Å². The second kappa shape index (κ2) is 8.55. The lowest BCUT2D eigenvalue weighted by molar-refractivity contribution is -0.132. The van der Waals surface area contributed by atoms with Gasteiger partial charge in [0.2, 0.25) is 5.91 Å². The van der Waals surface area contributed by atoms with Crippen LogP contribution in [-0.2, 0) is 9.59 Å². The molecule has 0 aliphatic heterocycles. The summed E-state index contributed by atoms with van der Waals surface area (Å²) in [6.07, 6.45) is -6.89. The Bertz CT molecular complexity index is 934. The molecule has 2 amide bonds. The number of nitrogens with zero attached hydrogens (tertiary/aromatic N) is 3. The second-order valence-electron chi connectivity index (χ2n) is 7.69. The summed E-state index contributed by atoms with van der Waals surface area (Å²) in [6.45, 7) is 4.89. The fourth-order valence-electron chi connectivity index (χ4n) is 2.37. The Balaban J connectivity index is 2.12. The lowest BCUT2D eigenvalue weighted by atomic mass is 9.89. The standard InChI is InChI=1S/C18H19F6N5O2/c1-16(2,3)15(31)27-26-13(30)4-5-29-9-25-14(28-29)10-6-11(17(19,20)21)8-12(7-10)18(22,23)24/h4-6,8-10H,7H2,1-3H3,(H,26,30)(H,27,31)/b5-4-. The number of amides is 2. The van der Waals surface area contributed by atoms with E-state index >= 15 is 0 Å². The molecule has 170 valence electrons. The third kappa shape index (κ3) is 6.69. The van der Waals surface area contributed by atoms with Crippen molar-refractivity contribution < 1.29 is 35.9 Å². The van der Waals surface area contributed by atoms with Crippen molar-refractivity contribution in [3.8, 4) is 0 Å². The van der Waals surface area contributed by atoms with Crippen molar-refractivity contribution in [2.75, 3.05) is 0 Å². The Hall–Kier alpha value is -3.12. The fourth-order valence-corrected chi connectivity index (χ4v) is 2.37. The summed E-state index contributed by atoms with van der Waals surface area (Å²) in [7, 11) is 0. The Labute approximate surface area is 172 Å². The lowest BCUT2D eigenvalue weighted by Gasteiger charge is -2.22. The predicted molar refractivity (Wildman–Crippen MR) is 96.7 cm³/mol. The van der Waals surface area contributed by atoms with Gasteiger partial charge in [0.05, 0.1) is 5.57 Å². The first kappa shape index (κ1) is 24.2. The number of allylic oxidation sites excluding steroid dienone is 4. The smallest absolute Gasteiger partial charge is 0.273 e. The van der Waals surface area contributed by atoms with Crippen molar-refractivity contribution >= 4 is 18.0 Å². The van der Waals surface area contributed by atoms with E-state index < -0.39 is 53.1 Å². The molecule has 0 spiro atoms. The van der Waals surface area contributed by atoms with Crippen LogP contribution in [-0.4, -0.2) is 38.9 Å². The van der Waals surface area contributed by atoms with E-state index in [1.807, 2.05) is 0 Å². The summed E-state index contributed by atoms with van der Waals surface area (Å²) >= 11 is 0. The van der Waals surface area contributed by atoms with Crippen LogP contribution in [0, 0.1) is 5.41 Å². The molecule has 2 N–H and O–H groups in total. The lowest BCUT2D eigenvalue weighted by Crippen LogP contribution is -2.46. The fraction of sp³-hybridized carbons (Fsp3) is 0.444. The maximum absolute atomic E-state index is 13.0. The SMILES string of the molecule is CC(C)(C)C(=O)NNC(=O)/C=C\n1cnc(C2C=C(C(F)(F)F)C=C(C(F)(F)F)C2)n1. The number of hydrogen-bond donors (Lipinski definition) is 2. The first-order valence-corrected chi connectivity index (χ1v) is 8.84. The average Bonchev–Trinajstić information content (AvgIpc) is 3.11. The van der Waals surface area contributed by atoms with E-state index in [4.69, 9.17) is 0 Å². The molecule has 1 unspecified atom stereocenters. The number of aromatic nitrogens is 3. The highest BCUT2D eigenvalue weighted by molar-refractivity contribution is 5.92. The minimum atomic E-state index is -4.97. The zero-order valence-corrected chi connectivity index (χ0v) is 16.6. The Kier molecular flexibility index (Phi) is 6.66. The first-order valence-electron chi connectivity index (χ1n) is 8.84. The summed E-state index contributed by atoms with van der Waals surface area (Å²) in [4.78, 5) is 27.1. The highest BCUT2D eigenvalue weighted by atomic mass is 19.4. The summed E-state index contributed by atoms with van der Waals surface area (Å²) in [6, 6.07) is 0. The van der Waals surface area contributed by atoms with Gasteiger partial charge in [0, 0.05) is 29.2 Å². The number of alkyl halides is 6. The van der Waals surface area contributed by atoms with Crippen LogP contribution in [0.15, 0.2) is 35.7 Å². The molecule has 1 aliphatic carbocycles. The molecule has 0 saturated carbocycles. The van der Waals surface area contributed by atoms with Gasteiger partial charge < -0.3 is 0 Å². The van der Waals surface area contributed by atoms with Gasteiger partial charge in [-0.2, -0.15) is 31.4 Å². The molecule has 1 aromatic heterocycles. The minimum Gasteiger partial charge on any atom is -0.273 e. The largest absolute Gasteiger partial charge is 0.416 e. The van der Waals surface area contributed by atoms with Crippen LogP contribution in [0.25, 0.3) is 6.20 Å². The molecular formula is C18H19F6N5O2. The highest BCUT2D eigenvalue weighted by Gasteiger charge is 2.42. The number of halogens is 6. The van der Waals surface area contributed by atoms with E-state index in [9.17, 15) is 35.9 Å². The summed E-state index contributed by atoms with van der Waals surface area (Å²) in [5, 5.41) is 3.82. The van der Waals surface area contributed by atoms with Crippen molar-refractivity contribution in [2.45, 2.75) is 45.5 Å². The summed E-state index contributed by atoms with van der Waals surface area (Å²) in [5.74, 6) is -2.82. The van der Waals surface area contributed by atoms with Crippen LogP contribution < -0.4 is 10.9 Å². The normalized spacial score (nSPS) is 17.9. The zero-order valence-electron chi connectivity index (χ0n) is 16.6. The molecule has 0 radical (unpaired) electrons. The van der Waals surface area contributed by atoms with Gasteiger partial charge in [-0.3, -0.25) is 20.4 Å². The molecule has 13 heteroatoms. The van der Waals surface area contributed by atoms with Crippen molar-refractivity contribution in [1.82, 2.24) is 25.6 Å². The third-order valence-electron chi connectivity index (χ3n) is 4.06. The van der Waals surface area contributed by atoms with Crippen LogP contribution in [0.4, 0.5) is 26.3 Å². The van der Waals surface area contributed by atoms with Crippen LogP contribution in [0.1, 0.15) is 38.9 Å². The molecule has 1 aromatic rings. The van der Waals surface area contributed by atoms with E-state index in [1.54, 1.807) is 20.8 Å². The van der Waals surface area contributed by atoms with Crippen molar-refractivity contribution in [2.24, 2.45) is 5.41 Å². The summed E-state index contributed by atoms with van der Waals surface area (Å²) < 4.78 is 79.0. The third-order valence-corrected chi connectivity index (χ3v) is 4.06. The van der Waals surface area contributed by atoms with E-state index in [2.05, 4.69) is 20.9 Å². The molecule has 0 bridgehead atoms. The maximum atomic E-state index is 13.0. The van der Waals surface area contributed by atoms with Crippen molar-refractivity contribution in [3.63, 3.8) is 0 Å². The molecule has 1 atom stereocenters. The van der Waals surface area contributed by atoms with E-state index in [1.165, 1.54) is 0 Å². The van der Waals surface area contributed by atoms with Gasteiger partial charge in [-0.15, -0.1) is 0 Å². The van der Waals surface area contributed by atoms with E-state index in [0.717, 1.165) is 23.3 Å². The van der Waals surface area contributed by atoms with Gasteiger partial charge in [-0.1, -0.05) is 26.8 Å². The Morgan fingerprint density at radius 1 is 1.10 bits per heavy atom. The first-order chi connectivity index (χ1) is 14.1. The highest BCUT2D eigenvalue weighted by Crippen LogP contribution is 2.42. The Morgan fingerprint density at radius 3 is 2.29 bits per heavy atom. The van der Waals surface area contributed by atoms with Gasteiger partial charge in [0.1, 0.15) is 6.33 Å². The minimum absolute atomic E-state index is 0.0730. The van der Waals surface area contributed by atoms with Gasteiger partial charge in [0.15, 0.2) is 5.82 Å². The molecule has 1 aliphatic rings. The zero-order chi connectivity index (χ0) is 23.6. The summed E-state index contributed by atoms with van der Waals surface area (Å²) in [5.41, 5.74) is 0.793. The molecule has 0 saturated heterocycles. The molecule has 31 heavy (non-hydrogen) atoms. The van der Waals surface area contributed by atoms with Crippen LogP contribution in [0.3, 0.4) is 0 Å². The quantitative estimate of drug-likeness (QED) is 0.419. The number of hydrogen-bond acceptors (Lipinski definition) is 4. The van der Waals surface area contributed by atoms with Gasteiger partial charge in [-0.05, 0) is 12.5 Å². The molecule has 2 rings (SSSR count). The van der Waals surface area contributed by atoms with E-state index in [-0.39, 0.29) is 11.9 Å². The predicted octanol–water partition coefficient (Wildman–Crippen LogP) is 3.41. The molecule has 0 fully saturated rings. The number of carbonyl (C=O) groups excluding carboxylic acids is 2. The van der Waals surface area contributed by atoms with Gasteiger partial charge in [0.25, 0.3) is 5.91 Å². The number of rotatable bonds is 3. The van der Waals surface area contributed by atoms with Gasteiger partial charge in [-0.25, -0.2) is 9.67 Å². The van der Waals surface area contributed by atoms with Crippen LogP contribution in [0.5, 0.6) is 0 Å². The van der Waals surface area contributed by atoms with Crippen LogP contribution in [0.2, 0.25) is 0 Å². The van der Waals surface area contributed by atoms with Gasteiger partial charge >= 0.3 is 12.4 Å². The molecular weight excluding hydrogens is 432 g/mol. The number of nitrogens with one attached hydrogen (secondary N) is 2. The topological polar surface area (TPSA) is 88.9 Å². The molecule has 7 nitrogen and oxygen atoms in total. The molecule has 1 heterocycles. The monoisotopic (exact) mass is 451 g/mol. The average molecular weight is 451 g/mol. The number of hydrazine groups is 1. The van der Waals surface area contributed by atoms with E-state index in [0.29, 0.717) is 6.08 Å². The Morgan fingerprint density at radius 2 is 1.74 bits per heavy atom. The molecule has 0 aromatic carbocycles. The maximum Gasteiger partial charge on any atom is 0.416 e. The van der Waals surface area contributed by atoms with Crippen molar-refractivity contribution in [3.05, 3.63) is 41.5 Å². The van der Waals surface area contributed by atoms with Crippen LogP contribution >= 0.6 is 0 Å². The second-order valence-corrected chi connectivity index (χ2v) is 7.69. The number of carbonyl (C=O) groups is 2.